The van der Waals surface area contributed by atoms with Crippen molar-refractivity contribution in [1.82, 2.24) is 9.47 Å². The first-order chi connectivity index (χ1) is 14.1. The third-order valence-corrected chi connectivity index (χ3v) is 6.15. The molecule has 0 N–H and O–H groups in total. The van der Waals surface area contributed by atoms with Crippen LogP contribution in [0, 0.1) is 5.82 Å². The van der Waals surface area contributed by atoms with Crippen molar-refractivity contribution in [1.29, 1.82) is 0 Å². The van der Waals surface area contributed by atoms with Gasteiger partial charge in [0.1, 0.15) is 5.82 Å². The molecule has 4 heteroatoms. The molecule has 0 saturated carbocycles. The van der Waals surface area contributed by atoms with Gasteiger partial charge in [0.05, 0.1) is 11.2 Å². The van der Waals surface area contributed by atoms with Gasteiger partial charge in [-0.25, -0.2) is 4.39 Å². The van der Waals surface area contributed by atoms with Gasteiger partial charge in [0.15, 0.2) is 0 Å². The van der Waals surface area contributed by atoms with E-state index in [1.165, 1.54) is 34.3 Å². The molecular formula is C25H22ClFN2. The maximum absolute atomic E-state index is 13.5. The number of benzene rings is 3. The van der Waals surface area contributed by atoms with Crippen molar-refractivity contribution in [3.8, 4) is 16.8 Å². The first-order valence-corrected chi connectivity index (χ1v) is 10.4. The Morgan fingerprint density at radius 3 is 2.48 bits per heavy atom. The van der Waals surface area contributed by atoms with E-state index in [1.807, 2.05) is 24.3 Å². The molecule has 0 unspecified atom stereocenters. The highest BCUT2D eigenvalue weighted by atomic mass is 35.5. The maximum atomic E-state index is 13.5. The molecule has 3 aromatic carbocycles. The second-order valence-electron chi connectivity index (χ2n) is 7.75. The molecule has 0 fully saturated rings. The summed E-state index contributed by atoms with van der Waals surface area (Å²) in [6, 6.07) is 21.3. The van der Waals surface area contributed by atoms with Gasteiger partial charge in [-0.15, -0.1) is 0 Å². The molecule has 29 heavy (non-hydrogen) atoms. The van der Waals surface area contributed by atoms with Crippen molar-refractivity contribution in [3.63, 3.8) is 0 Å². The topological polar surface area (TPSA) is 8.17 Å². The van der Waals surface area contributed by atoms with Crippen LogP contribution in [0.15, 0.2) is 66.7 Å². The van der Waals surface area contributed by atoms with Crippen LogP contribution in [0.4, 0.5) is 4.39 Å². The fraction of sp³-hybridized carbons (Fsp3) is 0.200. The number of hydrogen-bond donors (Lipinski definition) is 0. The van der Waals surface area contributed by atoms with E-state index in [4.69, 9.17) is 11.6 Å². The lowest BCUT2D eigenvalue weighted by Crippen LogP contribution is -2.21. The van der Waals surface area contributed by atoms with Crippen molar-refractivity contribution in [3.05, 3.63) is 88.8 Å². The summed E-state index contributed by atoms with van der Waals surface area (Å²) in [4.78, 5) is 2.38. The molecule has 0 saturated heterocycles. The van der Waals surface area contributed by atoms with Crippen molar-refractivity contribution >= 4 is 22.5 Å². The van der Waals surface area contributed by atoms with Gasteiger partial charge in [-0.3, -0.25) is 0 Å². The number of nitrogens with zero attached hydrogens (tertiary/aromatic N) is 2. The van der Waals surface area contributed by atoms with Gasteiger partial charge in [0.2, 0.25) is 0 Å². The highest BCUT2D eigenvalue weighted by Crippen LogP contribution is 2.37. The first-order valence-electron chi connectivity index (χ1n) is 9.97. The van der Waals surface area contributed by atoms with E-state index >= 15 is 0 Å². The van der Waals surface area contributed by atoms with Crippen LogP contribution in [-0.4, -0.2) is 29.6 Å². The van der Waals surface area contributed by atoms with Crippen molar-refractivity contribution in [2.75, 3.05) is 20.1 Å². The standard InChI is InChI=1S/C25H22ClFN2/c1-28-14-12-21-22-16-18(26)8-11-24(22)29(25(21)13-15-28)23-5-3-2-4-20(23)17-6-9-19(27)10-7-17/h2-11,16H,12-15H2,1H3. The number of fused-ring (bicyclic) bond motifs is 3. The van der Waals surface area contributed by atoms with Crippen LogP contribution in [0.2, 0.25) is 5.02 Å². The molecule has 1 aliphatic heterocycles. The molecule has 2 nitrogen and oxygen atoms in total. The van der Waals surface area contributed by atoms with Crippen LogP contribution < -0.4 is 0 Å². The summed E-state index contributed by atoms with van der Waals surface area (Å²) in [5, 5.41) is 2.00. The zero-order chi connectivity index (χ0) is 20.0. The lowest BCUT2D eigenvalue weighted by atomic mass is 10.0. The zero-order valence-electron chi connectivity index (χ0n) is 16.3. The van der Waals surface area contributed by atoms with E-state index in [0.29, 0.717) is 0 Å². The summed E-state index contributed by atoms with van der Waals surface area (Å²) in [6.45, 7) is 2.06. The molecular weight excluding hydrogens is 383 g/mol. The van der Waals surface area contributed by atoms with Crippen LogP contribution in [0.5, 0.6) is 0 Å². The zero-order valence-corrected chi connectivity index (χ0v) is 17.1. The lowest BCUT2D eigenvalue weighted by Gasteiger charge is -2.17. The van der Waals surface area contributed by atoms with Gasteiger partial charge >= 0.3 is 0 Å². The van der Waals surface area contributed by atoms with E-state index in [1.54, 1.807) is 0 Å². The largest absolute Gasteiger partial charge is 0.313 e. The Balaban J connectivity index is 1.80. The fourth-order valence-electron chi connectivity index (χ4n) is 4.45. The Kier molecular flexibility index (Phi) is 4.65. The van der Waals surface area contributed by atoms with E-state index in [0.717, 1.165) is 47.8 Å². The minimum Gasteiger partial charge on any atom is -0.313 e. The Labute approximate surface area is 175 Å². The first kappa shape index (κ1) is 18.4. The van der Waals surface area contributed by atoms with E-state index in [2.05, 4.69) is 46.8 Å². The van der Waals surface area contributed by atoms with E-state index in [-0.39, 0.29) is 5.82 Å². The minimum atomic E-state index is -0.218. The van der Waals surface area contributed by atoms with Crippen LogP contribution in [0.3, 0.4) is 0 Å². The normalized spacial score (nSPS) is 14.7. The monoisotopic (exact) mass is 404 g/mol. The number of rotatable bonds is 2. The quantitative estimate of drug-likeness (QED) is 0.390. The Morgan fingerprint density at radius 1 is 0.897 bits per heavy atom. The molecule has 5 rings (SSSR count). The molecule has 0 amide bonds. The number of aromatic nitrogens is 1. The molecule has 2 heterocycles. The number of hydrogen-bond acceptors (Lipinski definition) is 1. The Hall–Kier alpha value is -2.62. The highest BCUT2D eigenvalue weighted by Gasteiger charge is 2.23. The average molecular weight is 405 g/mol. The smallest absolute Gasteiger partial charge is 0.123 e. The van der Waals surface area contributed by atoms with Crippen LogP contribution in [0.25, 0.3) is 27.7 Å². The second kappa shape index (κ2) is 7.33. The SMILES string of the molecule is CN1CCc2c(n(-c3ccccc3-c3ccc(F)cc3)c3ccc(Cl)cc23)CC1. The summed E-state index contributed by atoms with van der Waals surface area (Å²) < 4.78 is 15.9. The van der Waals surface area contributed by atoms with E-state index in [9.17, 15) is 4.39 Å². The highest BCUT2D eigenvalue weighted by molar-refractivity contribution is 6.31. The third-order valence-electron chi connectivity index (χ3n) is 5.92. The number of likely N-dealkylation sites (N-methyl/N-ethyl adjacent to an activating group) is 1. The van der Waals surface area contributed by atoms with Crippen molar-refractivity contribution in [2.24, 2.45) is 0 Å². The predicted molar refractivity (Wildman–Crippen MR) is 119 cm³/mol. The average Bonchev–Trinajstić information content (AvgIpc) is 2.90. The van der Waals surface area contributed by atoms with Gasteiger partial charge in [-0.2, -0.15) is 0 Å². The van der Waals surface area contributed by atoms with Crippen molar-refractivity contribution < 1.29 is 4.39 Å². The predicted octanol–water partition coefficient (Wildman–Crippen LogP) is 6.12. The number of halogens is 2. The Morgan fingerprint density at radius 2 is 1.66 bits per heavy atom. The molecule has 0 atom stereocenters. The molecule has 0 spiro atoms. The fourth-order valence-corrected chi connectivity index (χ4v) is 4.62. The Bertz CT molecular complexity index is 1190. The summed E-state index contributed by atoms with van der Waals surface area (Å²) in [5.41, 5.74) is 7.15. The molecule has 0 aliphatic carbocycles. The number of para-hydroxylation sites is 1. The minimum absolute atomic E-state index is 0.218. The summed E-state index contributed by atoms with van der Waals surface area (Å²) >= 11 is 6.37. The van der Waals surface area contributed by atoms with Gasteiger partial charge in [-0.05, 0) is 61.0 Å². The molecule has 0 bridgehead atoms. The van der Waals surface area contributed by atoms with Gasteiger partial charge in [0.25, 0.3) is 0 Å². The van der Waals surface area contributed by atoms with Crippen LogP contribution >= 0.6 is 11.6 Å². The summed E-state index contributed by atoms with van der Waals surface area (Å²) in [5.74, 6) is -0.218. The third kappa shape index (κ3) is 3.25. The molecule has 1 aromatic heterocycles. The van der Waals surface area contributed by atoms with Crippen molar-refractivity contribution in [2.45, 2.75) is 12.8 Å². The van der Waals surface area contributed by atoms with Gasteiger partial charge < -0.3 is 9.47 Å². The van der Waals surface area contributed by atoms with E-state index < -0.39 is 0 Å². The second-order valence-corrected chi connectivity index (χ2v) is 8.19. The molecule has 146 valence electrons. The summed E-state index contributed by atoms with van der Waals surface area (Å²) in [7, 11) is 2.18. The van der Waals surface area contributed by atoms with Crippen LogP contribution in [0.1, 0.15) is 11.3 Å². The van der Waals surface area contributed by atoms with Gasteiger partial charge in [-0.1, -0.05) is 41.9 Å². The molecule has 0 radical (unpaired) electrons. The lowest BCUT2D eigenvalue weighted by molar-refractivity contribution is 0.351. The molecule has 4 aromatic rings. The summed E-state index contributed by atoms with van der Waals surface area (Å²) in [6.07, 6.45) is 1.99. The van der Waals surface area contributed by atoms with Crippen LogP contribution in [-0.2, 0) is 12.8 Å². The maximum Gasteiger partial charge on any atom is 0.123 e. The molecule has 1 aliphatic rings. The van der Waals surface area contributed by atoms with Gasteiger partial charge in [0, 0.05) is 41.2 Å².